The third kappa shape index (κ3) is 10.8. The Morgan fingerprint density at radius 2 is 1.71 bits per heavy atom. The number of ether oxygens (including phenoxy) is 2. The number of aliphatic hydroxyl groups is 1. The van der Waals surface area contributed by atoms with Crippen molar-refractivity contribution in [2.45, 2.75) is 69.4 Å². The molecule has 3 aromatic carbocycles. The van der Waals surface area contributed by atoms with Crippen LogP contribution < -0.4 is 14.8 Å². The van der Waals surface area contributed by atoms with E-state index in [1.807, 2.05) is 13.8 Å². The number of urea groups is 1. The molecular formula is C36H45F3N4O7S. The molecule has 4 atom stereocenters. The Morgan fingerprint density at radius 3 is 2.35 bits per heavy atom. The second-order valence-corrected chi connectivity index (χ2v) is 14.5. The van der Waals surface area contributed by atoms with Gasteiger partial charge in [-0.15, -0.1) is 0 Å². The SMILES string of the molecule is C[C@@H]1CCCCO[C@H](CN(C)C(=O)Nc2ccc(C(F)(F)F)cc2)[C@H](C)CN([C@@H](C)CO)C(=O)c2cc(NS(=O)(=O)c3ccccc3)ccc2O1. The van der Waals surface area contributed by atoms with Crippen molar-refractivity contribution < 1.29 is 45.8 Å². The standard InChI is InChI=1S/C36H45F3N4O7S/c1-24-21-43(25(2)23-44)34(45)31-20-29(41-51(47,48)30-11-6-5-7-12-30)17-18-32(31)50-26(3)10-8-9-19-49-33(24)22-42(4)35(46)40-28-15-13-27(14-16-28)36(37,38)39/h5-7,11-18,20,24-26,33,41,44H,8-10,19,21-23H2,1-4H3,(H,40,46)/t24-,25+,26-,33-/m1/s1. The number of sulfonamides is 1. The Hall–Kier alpha value is -4.34. The van der Waals surface area contributed by atoms with Crippen molar-refractivity contribution in [2.75, 3.05) is 43.4 Å². The topological polar surface area (TPSA) is 138 Å². The number of nitrogens with zero attached hydrogens (tertiary/aromatic N) is 2. The normalized spacial score (nSPS) is 20.0. The largest absolute Gasteiger partial charge is 0.490 e. The molecule has 0 aliphatic carbocycles. The number of fused-ring (bicyclic) bond motifs is 1. The lowest BCUT2D eigenvalue weighted by atomic mass is 10.0. The lowest BCUT2D eigenvalue weighted by molar-refractivity contribution is -0.137. The zero-order valence-corrected chi connectivity index (χ0v) is 29.8. The van der Waals surface area contributed by atoms with E-state index in [0.717, 1.165) is 18.6 Å². The molecule has 15 heteroatoms. The molecule has 3 N–H and O–H groups in total. The van der Waals surface area contributed by atoms with Gasteiger partial charge in [-0.25, -0.2) is 13.2 Å². The first kappa shape index (κ1) is 39.4. The Balaban J connectivity index is 1.59. The second-order valence-electron chi connectivity index (χ2n) is 12.8. The predicted octanol–water partition coefficient (Wildman–Crippen LogP) is 6.47. The molecule has 1 heterocycles. The van der Waals surface area contributed by atoms with Crippen molar-refractivity contribution in [3.63, 3.8) is 0 Å². The van der Waals surface area contributed by atoms with Gasteiger partial charge >= 0.3 is 12.2 Å². The van der Waals surface area contributed by atoms with Crippen molar-refractivity contribution >= 4 is 33.3 Å². The van der Waals surface area contributed by atoms with E-state index in [1.165, 1.54) is 53.2 Å². The summed E-state index contributed by atoms with van der Waals surface area (Å²) < 4.78 is 80.2. The van der Waals surface area contributed by atoms with Gasteiger partial charge in [-0.3, -0.25) is 9.52 Å². The van der Waals surface area contributed by atoms with Crippen molar-refractivity contribution in [2.24, 2.45) is 5.92 Å². The number of hydrogen-bond acceptors (Lipinski definition) is 7. The number of halogens is 3. The van der Waals surface area contributed by atoms with Crippen LogP contribution in [0, 0.1) is 5.92 Å². The van der Waals surface area contributed by atoms with Gasteiger partial charge in [-0.05, 0) is 87.7 Å². The quantitative estimate of drug-likeness (QED) is 0.242. The van der Waals surface area contributed by atoms with Gasteiger partial charge in [0, 0.05) is 44.0 Å². The van der Waals surface area contributed by atoms with Crippen LogP contribution in [-0.2, 0) is 20.9 Å². The Bertz CT molecular complexity index is 1730. The molecule has 3 amide bonds. The highest BCUT2D eigenvalue weighted by molar-refractivity contribution is 7.92. The van der Waals surface area contributed by atoms with Crippen molar-refractivity contribution in [1.29, 1.82) is 0 Å². The van der Waals surface area contributed by atoms with Crippen LogP contribution in [-0.4, -0.2) is 86.9 Å². The highest BCUT2D eigenvalue weighted by Gasteiger charge is 2.32. The van der Waals surface area contributed by atoms with E-state index in [-0.39, 0.29) is 59.3 Å². The lowest BCUT2D eigenvalue weighted by Gasteiger charge is -2.35. The van der Waals surface area contributed by atoms with Crippen molar-refractivity contribution in [3.05, 3.63) is 83.9 Å². The molecular weight excluding hydrogens is 689 g/mol. The number of aliphatic hydroxyl groups excluding tert-OH is 1. The van der Waals surface area contributed by atoms with E-state index in [0.29, 0.717) is 19.4 Å². The fraction of sp³-hybridized carbons (Fsp3) is 0.444. The summed E-state index contributed by atoms with van der Waals surface area (Å²) in [6, 6.07) is 15.2. The van der Waals surface area contributed by atoms with Crippen LogP contribution in [0.25, 0.3) is 0 Å². The summed E-state index contributed by atoms with van der Waals surface area (Å²) in [5.74, 6) is -0.617. The number of hydrogen-bond donors (Lipinski definition) is 3. The van der Waals surface area contributed by atoms with E-state index in [9.17, 15) is 36.3 Å². The van der Waals surface area contributed by atoms with Gasteiger partial charge < -0.3 is 29.7 Å². The summed E-state index contributed by atoms with van der Waals surface area (Å²) in [6.07, 6.45) is -3.33. The Morgan fingerprint density at radius 1 is 1.04 bits per heavy atom. The first-order valence-electron chi connectivity index (χ1n) is 16.7. The molecule has 4 rings (SSSR count). The van der Waals surface area contributed by atoms with Gasteiger partial charge in [0.05, 0.1) is 40.9 Å². The monoisotopic (exact) mass is 734 g/mol. The van der Waals surface area contributed by atoms with Gasteiger partial charge in [0.15, 0.2) is 0 Å². The molecule has 0 saturated heterocycles. The third-order valence-electron chi connectivity index (χ3n) is 8.62. The van der Waals surface area contributed by atoms with Crippen LogP contribution in [0.1, 0.15) is 56.0 Å². The maximum absolute atomic E-state index is 14.3. The highest BCUT2D eigenvalue weighted by Crippen LogP contribution is 2.31. The maximum atomic E-state index is 14.3. The lowest BCUT2D eigenvalue weighted by Crippen LogP contribution is -2.48. The number of anilines is 2. The smallest absolute Gasteiger partial charge is 0.416 e. The maximum Gasteiger partial charge on any atom is 0.416 e. The molecule has 0 fully saturated rings. The van der Waals surface area contributed by atoms with E-state index in [4.69, 9.17) is 9.47 Å². The number of likely N-dealkylation sites (N-methyl/N-ethyl adjacent to an activating group) is 1. The summed E-state index contributed by atoms with van der Waals surface area (Å²) in [5, 5.41) is 12.8. The number of alkyl halides is 3. The van der Waals surface area contributed by atoms with Crippen LogP contribution in [0.2, 0.25) is 0 Å². The van der Waals surface area contributed by atoms with Gasteiger partial charge in [0.2, 0.25) is 0 Å². The molecule has 1 aliphatic rings. The fourth-order valence-electron chi connectivity index (χ4n) is 5.58. The fourth-order valence-corrected chi connectivity index (χ4v) is 6.65. The molecule has 3 aromatic rings. The first-order chi connectivity index (χ1) is 24.1. The molecule has 278 valence electrons. The molecule has 0 radical (unpaired) electrons. The molecule has 0 unspecified atom stereocenters. The molecule has 51 heavy (non-hydrogen) atoms. The van der Waals surface area contributed by atoms with E-state index in [1.54, 1.807) is 31.2 Å². The highest BCUT2D eigenvalue weighted by atomic mass is 32.2. The molecule has 0 aromatic heterocycles. The summed E-state index contributed by atoms with van der Waals surface area (Å²) in [6.45, 7) is 5.58. The predicted molar refractivity (Wildman–Crippen MR) is 187 cm³/mol. The number of benzene rings is 3. The average Bonchev–Trinajstić information content (AvgIpc) is 3.09. The van der Waals surface area contributed by atoms with Crippen LogP contribution in [0.3, 0.4) is 0 Å². The minimum Gasteiger partial charge on any atom is -0.490 e. The minimum atomic E-state index is -4.50. The second kappa shape index (κ2) is 17.2. The molecule has 0 saturated carbocycles. The zero-order chi connectivity index (χ0) is 37.3. The Labute approximate surface area is 296 Å². The summed E-state index contributed by atoms with van der Waals surface area (Å²) in [5.41, 5.74) is -0.394. The summed E-state index contributed by atoms with van der Waals surface area (Å²) >= 11 is 0. The number of rotatable bonds is 8. The number of carbonyl (C=O) groups is 2. The van der Waals surface area contributed by atoms with E-state index < -0.39 is 45.8 Å². The average molecular weight is 735 g/mol. The van der Waals surface area contributed by atoms with Gasteiger partial charge in [-0.1, -0.05) is 25.1 Å². The summed E-state index contributed by atoms with van der Waals surface area (Å²) in [7, 11) is -2.43. The molecule has 0 bridgehead atoms. The minimum absolute atomic E-state index is 0.0506. The van der Waals surface area contributed by atoms with Crippen LogP contribution in [0.15, 0.2) is 77.7 Å². The molecule has 0 spiro atoms. The van der Waals surface area contributed by atoms with E-state index in [2.05, 4.69) is 10.0 Å². The third-order valence-corrected chi connectivity index (χ3v) is 10.0. The van der Waals surface area contributed by atoms with Gasteiger partial charge in [-0.2, -0.15) is 13.2 Å². The van der Waals surface area contributed by atoms with Crippen LogP contribution >= 0.6 is 0 Å². The Kier molecular flexibility index (Phi) is 13.3. The molecule has 11 nitrogen and oxygen atoms in total. The van der Waals surface area contributed by atoms with Crippen molar-refractivity contribution in [3.8, 4) is 5.75 Å². The van der Waals surface area contributed by atoms with Crippen LogP contribution in [0.4, 0.5) is 29.3 Å². The number of amides is 3. The number of nitrogens with one attached hydrogen (secondary N) is 2. The van der Waals surface area contributed by atoms with Crippen molar-refractivity contribution in [1.82, 2.24) is 9.80 Å². The summed E-state index contributed by atoms with van der Waals surface area (Å²) in [4.78, 5) is 30.3. The molecule has 1 aliphatic heterocycles. The van der Waals surface area contributed by atoms with Crippen LogP contribution in [0.5, 0.6) is 5.75 Å². The van der Waals surface area contributed by atoms with Gasteiger partial charge in [0.1, 0.15) is 5.75 Å². The first-order valence-corrected chi connectivity index (χ1v) is 18.2. The van der Waals surface area contributed by atoms with E-state index >= 15 is 0 Å². The number of carbonyl (C=O) groups excluding carboxylic acids is 2. The zero-order valence-electron chi connectivity index (χ0n) is 29.0. The van der Waals surface area contributed by atoms with Gasteiger partial charge in [0.25, 0.3) is 15.9 Å².